The molecule has 0 N–H and O–H groups in total. The van der Waals surface area contributed by atoms with Gasteiger partial charge in [0, 0.05) is 18.3 Å². The number of halogens is 2. The first-order valence-electron chi connectivity index (χ1n) is 7.16. The van der Waals surface area contributed by atoms with Crippen LogP contribution in [0.1, 0.15) is 25.3 Å². The molecule has 2 atom stereocenters. The van der Waals surface area contributed by atoms with Crippen LogP contribution in [0.15, 0.2) is 29.2 Å². The van der Waals surface area contributed by atoms with Gasteiger partial charge in [0.05, 0.1) is 4.90 Å². The zero-order valence-electron chi connectivity index (χ0n) is 12.6. The normalized spacial score (nSPS) is 25.7. The maximum atomic E-state index is 12.7. The third kappa shape index (κ3) is 2.86. The van der Waals surface area contributed by atoms with Gasteiger partial charge in [-0.05, 0) is 25.5 Å². The minimum Gasteiger partial charge on any atom is -0.272 e. The summed E-state index contributed by atoms with van der Waals surface area (Å²) >= 11 is 12.4. The van der Waals surface area contributed by atoms with Crippen molar-refractivity contribution >= 4 is 39.1 Å². The second-order valence-electron chi connectivity index (χ2n) is 5.62. The average molecular weight is 364 g/mol. The van der Waals surface area contributed by atoms with Gasteiger partial charge in [-0.2, -0.15) is 0 Å². The van der Waals surface area contributed by atoms with Crippen molar-refractivity contribution in [1.29, 1.82) is 0 Å². The molecule has 0 radical (unpaired) electrons. The van der Waals surface area contributed by atoms with Crippen molar-refractivity contribution in [2.75, 3.05) is 12.4 Å². The van der Waals surface area contributed by atoms with E-state index in [0.29, 0.717) is 12.8 Å². The molecular formula is C15H19Cl2NO3S. The Bertz CT molecular complexity index is 660. The number of amides is 1. The Labute approximate surface area is 141 Å². The van der Waals surface area contributed by atoms with Crippen molar-refractivity contribution in [2.45, 2.75) is 36.5 Å². The average Bonchev–Trinajstić information content (AvgIpc) is 2.72. The molecule has 1 saturated heterocycles. The van der Waals surface area contributed by atoms with E-state index in [9.17, 15) is 13.2 Å². The molecule has 0 aliphatic carbocycles. The molecule has 22 heavy (non-hydrogen) atoms. The van der Waals surface area contributed by atoms with Crippen molar-refractivity contribution < 1.29 is 13.2 Å². The first-order chi connectivity index (χ1) is 10.3. The second kappa shape index (κ2) is 6.38. The molecular weight excluding hydrogens is 345 g/mol. The molecule has 1 fully saturated rings. The summed E-state index contributed by atoms with van der Waals surface area (Å²) in [6, 6.07) is 6.41. The van der Waals surface area contributed by atoms with E-state index in [1.807, 2.05) is 13.8 Å². The fourth-order valence-corrected chi connectivity index (χ4v) is 5.12. The smallest absolute Gasteiger partial charge is 0.266 e. The van der Waals surface area contributed by atoms with Gasteiger partial charge in [-0.3, -0.25) is 4.79 Å². The fourth-order valence-electron chi connectivity index (χ4n) is 2.70. The van der Waals surface area contributed by atoms with Gasteiger partial charge < -0.3 is 0 Å². The standard InChI is InChI=1S/C15H19Cl2NO3S/c1-3-8-15(17)12(9-16)10-18(14(15)19)22(20,21)13-6-4-11(2)5-7-13/h4-7,12H,3,8-10H2,1-2H3/t12-,15-/m0/s1. The number of sulfonamides is 1. The Morgan fingerprint density at radius 1 is 1.32 bits per heavy atom. The molecule has 1 aromatic carbocycles. The Balaban J connectivity index is 2.40. The van der Waals surface area contributed by atoms with E-state index in [2.05, 4.69) is 0 Å². The molecule has 1 aromatic rings. The van der Waals surface area contributed by atoms with Gasteiger partial charge >= 0.3 is 0 Å². The van der Waals surface area contributed by atoms with Crippen molar-refractivity contribution in [3.63, 3.8) is 0 Å². The number of benzene rings is 1. The molecule has 1 amide bonds. The number of aryl methyl sites for hydroxylation is 1. The molecule has 0 aromatic heterocycles. The van der Waals surface area contributed by atoms with Crippen molar-refractivity contribution in [2.24, 2.45) is 5.92 Å². The third-order valence-electron chi connectivity index (χ3n) is 4.02. The summed E-state index contributed by atoms with van der Waals surface area (Å²) in [5, 5.41) is 0. The molecule has 0 bridgehead atoms. The van der Waals surface area contributed by atoms with E-state index in [1.54, 1.807) is 12.1 Å². The number of alkyl halides is 2. The van der Waals surface area contributed by atoms with Crippen LogP contribution in [0.2, 0.25) is 0 Å². The van der Waals surface area contributed by atoms with E-state index < -0.39 is 20.8 Å². The number of carbonyl (C=O) groups excluding carboxylic acids is 1. The van der Waals surface area contributed by atoms with Gasteiger partial charge in [0.25, 0.3) is 15.9 Å². The Hall–Kier alpha value is -0.780. The highest BCUT2D eigenvalue weighted by Crippen LogP contribution is 2.41. The Kier molecular flexibility index (Phi) is 5.09. The minimum absolute atomic E-state index is 0.0298. The van der Waals surface area contributed by atoms with E-state index in [-0.39, 0.29) is 23.2 Å². The van der Waals surface area contributed by atoms with Crippen molar-refractivity contribution in [3.8, 4) is 0 Å². The molecule has 122 valence electrons. The molecule has 7 heteroatoms. The van der Waals surface area contributed by atoms with E-state index in [0.717, 1.165) is 9.87 Å². The van der Waals surface area contributed by atoms with E-state index in [1.165, 1.54) is 12.1 Å². The summed E-state index contributed by atoms with van der Waals surface area (Å²) in [6.07, 6.45) is 1.09. The lowest BCUT2D eigenvalue weighted by Gasteiger charge is -2.23. The largest absolute Gasteiger partial charge is 0.272 e. The number of carbonyl (C=O) groups is 1. The second-order valence-corrected chi connectivity index (χ2v) is 8.46. The van der Waals surface area contributed by atoms with Crippen LogP contribution in [0.4, 0.5) is 0 Å². The van der Waals surface area contributed by atoms with Crippen LogP contribution in [-0.2, 0) is 14.8 Å². The topological polar surface area (TPSA) is 54.5 Å². The quantitative estimate of drug-likeness (QED) is 0.755. The number of nitrogens with zero attached hydrogens (tertiary/aromatic N) is 1. The van der Waals surface area contributed by atoms with Gasteiger partial charge in [-0.1, -0.05) is 31.0 Å². The number of hydrogen-bond donors (Lipinski definition) is 0. The van der Waals surface area contributed by atoms with Crippen LogP contribution in [0.5, 0.6) is 0 Å². The Morgan fingerprint density at radius 2 is 1.91 bits per heavy atom. The summed E-state index contributed by atoms with van der Waals surface area (Å²) in [5.74, 6) is -0.805. The highest BCUT2D eigenvalue weighted by Gasteiger charge is 2.55. The van der Waals surface area contributed by atoms with Crippen molar-refractivity contribution in [1.82, 2.24) is 4.31 Å². The summed E-state index contributed by atoms with van der Waals surface area (Å²) < 4.78 is 26.3. The van der Waals surface area contributed by atoms with E-state index >= 15 is 0 Å². The lowest BCUT2D eigenvalue weighted by Crippen LogP contribution is -2.40. The van der Waals surface area contributed by atoms with Crippen molar-refractivity contribution in [3.05, 3.63) is 29.8 Å². The van der Waals surface area contributed by atoms with Crippen LogP contribution in [0.25, 0.3) is 0 Å². The lowest BCUT2D eigenvalue weighted by molar-refractivity contribution is -0.126. The predicted molar refractivity (Wildman–Crippen MR) is 87.8 cm³/mol. The van der Waals surface area contributed by atoms with Crippen LogP contribution in [0.3, 0.4) is 0 Å². The van der Waals surface area contributed by atoms with Crippen LogP contribution in [0, 0.1) is 12.8 Å². The molecule has 2 rings (SSSR count). The Morgan fingerprint density at radius 3 is 2.41 bits per heavy atom. The minimum atomic E-state index is -3.90. The van der Waals surface area contributed by atoms with Crippen LogP contribution >= 0.6 is 23.2 Å². The van der Waals surface area contributed by atoms with Gasteiger partial charge in [-0.15, -0.1) is 23.2 Å². The molecule has 1 aliphatic heterocycles. The van der Waals surface area contributed by atoms with Gasteiger partial charge in [0.2, 0.25) is 0 Å². The molecule has 4 nitrogen and oxygen atoms in total. The first kappa shape index (κ1) is 17.6. The maximum absolute atomic E-state index is 12.7. The highest BCUT2D eigenvalue weighted by atomic mass is 35.5. The SMILES string of the molecule is CCC[C@@]1(Cl)C(=O)N(S(=O)(=O)c2ccc(C)cc2)C[C@@H]1CCl. The number of rotatable bonds is 5. The van der Waals surface area contributed by atoms with E-state index in [4.69, 9.17) is 23.2 Å². The van der Waals surface area contributed by atoms with Gasteiger partial charge in [-0.25, -0.2) is 12.7 Å². The van der Waals surface area contributed by atoms with Gasteiger partial charge in [0.1, 0.15) is 4.87 Å². The summed E-state index contributed by atoms with van der Waals surface area (Å²) in [7, 11) is -3.90. The molecule has 1 aliphatic rings. The molecule has 0 saturated carbocycles. The number of hydrogen-bond acceptors (Lipinski definition) is 3. The summed E-state index contributed by atoms with van der Waals surface area (Å²) in [5.41, 5.74) is 0.947. The third-order valence-corrected chi connectivity index (χ3v) is 6.82. The first-order valence-corrected chi connectivity index (χ1v) is 9.51. The zero-order chi connectivity index (χ0) is 16.5. The monoisotopic (exact) mass is 363 g/mol. The summed E-state index contributed by atoms with van der Waals surface area (Å²) in [6.45, 7) is 3.80. The zero-order valence-corrected chi connectivity index (χ0v) is 14.9. The predicted octanol–water partition coefficient (Wildman–Crippen LogP) is 3.16. The summed E-state index contributed by atoms with van der Waals surface area (Å²) in [4.78, 5) is 11.5. The van der Waals surface area contributed by atoms with Gasteiger partial charge in [0.15, 0.2) is 0 Å². The maximum Gasteiger partial charge on any atom is 0.266 e. The van der Waals surface area contributed by atoms with Crippen LogP contribution in [-0.4, -0.2) is 35.9 Å². The highest BCUT2D eigenvalue weighted by molar-refractivity contribution is 7.89. The fraction of sp³-hybridized carbons (Fsp3) is 0.533. The lowest BCUT2D eigenvalue weighted by atomic mass is 9.92. The molecule has 0 unspecified atom stereocenters. The van der Waals surface area contributed by atoms with Crippen LogP contribution < -0.4 is 0 Å². The molecule has 1 heterocycles. The molecule has 0 spiro atoms.